The fourth-order valence-electron chi connectivity index (χ4n) is 0.996. The third-order valence-corrected chi connectivity index (χ3v) is 1.78. The van der Waals surface area contributed by atoms with Crippen molar-refractivity contribution < 1.29 is 27.2 Å². The van der Waals surface area contributed by atoms with Crippen LogP contribution in [0.4, 0.5) is 17.6 Å². The fraction of sp³-hybridized carbons (Fsp3) is 0.200. The van der Waals surface area contributed by atoms with Crippen molar-refractivity contribution in [1.29, 1.82) is 0 Å². The van der Waals surface area contributed by atoms with E-state index in [0.29, 0.717) is 11.8 Å². The first-order valence-electron chi connectivity index (χ1n) is 4.58. The van der Waals surface area contributed by atoms with Gasteiger partial charge in [-0.1, -0.05) is 12.1 Å². The Morgan fingerprint density at radius 3 is 2.28 bits per heavy atom. The van der Waals surface area contributed by atoms with Crippen LogP contribution in [0.15, 0.2) is 30.5 Å². The molecule has 4 nitrogen and oxygen atoms in total. The van der Waals surface area contributed by atoms with Crippen molar-refractivity contribution in [2.24, 2.45) is 0 Å². The van der Waals surface area contributed by atoms with Crippen LogP contribution in [0.5, 0.6) is 5.75 Å². The third-order valence-electron chi connectivity index (χ3n) is 1.78. The van der Waals surface area contributed by atoms with Gasteiger partial charge in [0, 0.05) is 6.08 Å². The molecule has 0 fully saturated rings. The van der Waals surface area contributed by atoms with E-state index in [1.54, 1.807) is 0 Å². The van der Waals surface area contributed by atoms with Gasteiger partial charge in [0.25, 0.3) is 0 Å². The predicted octanol–water partition coefficient (Wildman–Crippen LogP) is 3.17. The highest BCUT2D eigenvalue weighted by Gasteiger charge is 2.43. The Morgan fingerprint density at radius 1 is 1.28 bits per heavy atom. The van der Waals surface area contributed by atoms with E-state index < -0.39 is 23.2 Å². The van der Waals surface area contributed by atoms with E-state index >= 15 is 0 Å². The number of alkyl halides is 4. The lowest BCUT2D eigenvalue weighted by Crippen LogP contribution is -2.33. The molecular formula is C10H7F4NO3. The number of ether oxygens (including phenoxy) is 1. The van der Waals surface area contributed by atoms with Crippen LogP contribution in [0.1, 0.15) is 5.56 Å². The highest BCUT2D eigenvalue weighted by atomic mass is 19.3. The summed E-state index contributed by atoms with van der Waals surface area (Å²) in [5, 5.41) is 10.0. The van der Waals surface area contributed by atoms with Gasteiger partial charge in [-0.25, -0.2) is 0 Å². The zero-order chi connectivity index (χ0) is 13.8. The summed E-state index contributed by atoms with van der Waals surface area (Å²) in [6, 6.07) is 4.46. The first kappa shape index (κ1) is 13.9. The van der Waals surface area contributed by atoms with Gasteiger partial charge in [-0.15, -0.1) is 0 Å². The van der Waals surface area contributed by atoms with Crippen LogP contribution < -0.4 is 4.74 Å². The molecular weight excluding hydrogens is 258 g/mol. The first-order chi connectivity index (χ1) is 8.31. The summed E-state index contributed by atoms with van der Waals surface area (Å²) in [5.74, 6) is -0.460. The van der Waals surface area contributed by atoms with E-state index in [-0.39, 0.29) is 0 Å². The molecule has 0 radical (unpaired) electrons. The summed E-state index contributed by atoms with van der Waals surface area (Å²) < 4.78 is 52.5. The van der Waals surface area contributed by atoms with Crippen molar-refractivity contribution in [2.45, 2.75) is 12.5 Å². The van der Waals surface area contributed by atoms with E-state index in [2.05, 4.69) is 4.74 Å². The van der Waals surface area contributed by atoms with Gasteiger partial charge in [0.1, 0.15) is 5.75 Å². The molecule has 1 aromatic carbocycles. The number of hydrogen-bond donors (Lipinski definition) is 0. The molecule has 0 heterocycles. The molecule has 0 aliphatic carbocycles. The molecule has 0 atom stereocenters. The molecule has 0 unspecified atom stereocenters. The first-order valence-corrected chi connectivity index (χ1v) is 4.58. The predicted molar refractivity (Wildman–Crippen MR) is 54.0 cm³/mol. The summed E-state index contributed by atoms with van der Waals surface area (Å²) in [6.45, 7) is 0. The van der Waals surface area contributed by atoms with E-state index in [9.17, 15) is 27.7 Å². The lowest BCUT2D eigenvalue weighted by atomic mass is 10.2. The van der Waals surface area contributed by atoms with Crippen LogP contribution in [0.3, 0.4) is 0 Å². The molecule has 0 saturated carbocycles. The zero-order valence-electron chi connectivity index (χ0n) is 8.73. The summed E-state index contributed by atoms with van der Waals surface area (Å²) in [6.07, 6.45) is -6.73. The van der Waals surface area contributed by atoms with E-state index in [0.717, 1.165) is 18.2 Å². The van der Waals surface area contributed by atoms with Crippen molar-refractivity contribution in [3.05, 3.63) is 46.1 Å². The van der Waals surface area contributed by atoms with Gasteiger partial charge in [-0.2, -0.15) is 17.6 Å². The molecule has 0 amide bonds. The molecule has 0 bridgehead atoms. The summed E-state index contributed by atoms with van der Waals surface area (Å²) in [5.41, 5.74) is 0.347. The molecule has 0 aliphatic heterocycles. The van der Waals surface area contributed by atoms with Crippen molar-refractivity contribution in [3.8, 4) is 5.75 Å². The number of benzene rings is 1. The highest BCUT2D eigenvalue weighted by Crippen LogP contribution is 2.27. The van der Waals surface area contributed by atoms with E-state index in [1.807, 2.05) is 0 Å². The fourth-order valence-corrected chi connectivity index (χ4v) is 0.996. The average molecular weight is 265 g/mol. The molecule has 1 aromatic rings. The second-order valence-electron chi connectivity index (χ2n) is 3.13. The lowest BCUT2D eigenvalue weighted by molar-refractivity contribution is -0.400. The molecule has 0 aromatic heterocycles. The molecule has 18 heavy (non-hydrogen) atoms. The Labute approximate surface area is 98.6 Å². The largest absolute Gasteiger partial charge is 0.461 e. The summed E-state index contributed by atoms with van der Waals surface area (Å²) in [4.78, 5) is 9.31. The smallest absolute Gasteiger partial charge is 0.428 e. The van der Waals surface area contributed by atoms with Gasteiger partial charge in [-0.05, 0) is 17.7 Å². The van der Waals surface area contributed by atoms with Crippen LogP contribution in [-0.4, -0.2) is 17.5 Å². The third kappa shape index (κ3) is 4.04. The lowest BCUT2D eigenvalue weighted by Gasteiger charge is -2.16. The van der Waals surface area contributed by atoms with Crippen LogP contribution in [0, 0.1) is 10.1 Å². The maximum atomic E-state index is 12.5. The minimum atomic E-state index is -4.57. The Balaban J connectivity index is 2.75. The minimum Gasteiger partial charge on any atom is -0.428 e. The number of rotatable bonds is 5. The number of halogens is 4. The second-order valence-corrected chi connectivity index (χ2v) is 3.13. The Hall–Kier alpha value is -2.12. The van der Waals surface area contributed by atoms with Gasteiger partial charge < -0.3 is 4.74 Å². The van der Waals surface area contributed by atoms with Crippen LogP contribution in [0.25, 0.3) is 6.08 Å². The normalized spacial score (nSPS) is 12.1. The Morgan fingerprint density at radius 2 is 1.83 bits per heavy atom. The monoisotopic (exact) mass is 265 g/mol. The Kier molecular flexibility index (Phi) is 4.24. The molecule has 0 aliphatic rings. The molecule has 8 heteroatoms. The molecule has 0 N–H and O–H groups in total. The number of hydrogen-bond acceptors (Lipinski definition) is 3. The van der Waals surface area contributed by atoms with Crippen molar-refractivity contribution in [2.75, 3.05) is 0 Å². The van der Waals surface area contributed by atoms with Gasteiger partial charge in [-0.3, -0.25) is 10.1 Å². The topological polar surface area (TPSA) is 52.4 Å². The quantitative estimate of drug-likeness (QED) is 0.466. The van der Waals surface area contributed by atoms with Crippen LogP contribution in [0.2, 0.25) is 0 Å². The summed E-state index contributed by atoms with van der Waals surface area (Å²) >= 11 is 0. The molecule has 98 valence electrons. The van der Waals surface area contributed by atoms with Crippen molar-refractivity contribution in [1.82, 2.24) is 0 Å². The average Bonchev–Trinajstić information content (AvgIpc) is 2.27. The van der Waals surface area contributed by atoms with Crippen molar-refractivity contribution >= 4 is 6.08 Å². The van der Waals surface area contributed by atoms with Crippen molar-refractivity contribution in [3.63, 3.8) is 0 Å². The summed E-state index contributed by atoms with van der Waals surface area (Å²) in [7, 11) is 0. The zero-order valence-corrected chi connectivity index (χ0v) is 8.73. The van der Waals surface area contributed by atoms with Gasteiger partial charge >= 0.3 is 12.5 Å². The Bertz CT molecular complexity index is 445. The van der Waals surface area contributed by atoms with E-state index in [4.69, 9.17) is 0 Å². The minimum absolute atomic E-state index is 0.347. The van der Waals surface area contributed by atoms with Gasteiger partial charge in [0.15, 0.2) is 0 Å². The molecule has 1 rings (SSSR count). The highest BCUT2D eigenvalue weighted by molar-refractivity contribution is 5.49. The van der Waals surface area contributed by atoms with Gasteiger partial charge in [0.05, 0.1) is 4.92 Å². The maximum Gasteiger partial charge on any atom is 0.461 e. The number of nitro groups is 1. The second kappa shape index (κ2) is 5.48. The SMILES string of the molecule is O=[N+]([O-])/C=C/c1ccc(OC(F)(F)C(F)F)cc1. The molecule has 0 spiro atoms. The van der Waals surface area contributed by atoms with E-state index in [1.165, 1.54) is 12.1 Å². The van der Waals surface area contributed by atoms with Gasteiger partial charge in [0.2, 0.25) is 6.20 Å². The standard InChI is InChI=1S/C10H7F4NO3/c11-9(12)10(13,14)18-8-3-1-7(2-4-8)5-6-15(16)17/h1-6,9H/b6-5+. The molecule has 0 saturated heterocycles. The van der Waals surface area contributed by atoms with Crippen LogP contribution >= 0.6 is 0 Å². The maximum absolute atomic E-state index is 12.5. The van der Waals surface area contributed by atoms with Crippen LogP contribution in [-0.2, 0) is 0 Å². The number of nitrogens with zero attached hydrogens (tertiary/aromatic N) is 1.